The second-order valence-electron chi connectivity index (χ2n) is 7.45. The predicted molar refractivity (Wildman–Crippen MR) is 93.1 cm³/mol. The maximum Gasteiger partial charge on any atom is 0.317 e. The van der Waals surface area contributed by atoms with Crippen LogP contribution in [0.4, 0.5) is 0 Å². The summed E-state index contributed by atoms with van der Waals surface area (Å²) in [6.07, 6.45) is 7.96. The van der Waals surface area contributed by atoms with Crippen molar-refractivity contribution in [3.8, 4) is 6.01 Å². The molecule has 25 heavy (non-hydrogen) atoms. The first-order valence-electron chi connectivity index (χ1n) is 9.32. The Morgan fingerprint density at radius 1 is 1.16 bits per heavy atom. The van der Waals surface area contributed by atoms with E-state index in [4.69, 9.17) is 9.47 Å². The van der Waals surface area contributed by atoms with Crippen molar-refractivity contribution in [1.29, 1.82) is 0 Å². The quantitative estimate of drug-likeness (QED) is 0.853. The van der Waals surface area contributed by atoms with E-state index in [9.17, 15) is 4.79 Å². The van der Waals surface area contributed by atoms with E-state index in [-0.39, 0.29) is 17.6 Å². The molecular formula is C18H26N4O3. The summed E-state index contributed by atoms with van der Waals surface area (Å²) in [6, 6.07) is 0.392. The lowest BCUT2D eigenvalue weighted by molar-refractivity contribution is 0.0830. The highest BCUT2D eigenvalue weighted by Crippen LogP contribution is 2.28. The minimum atomic E-state index is -0.111. The zero-order valence-electron chi connectivity index (χ0n) is 15.0. The molecule has 0 bridgehead atoms. The number of rotatable bonds is 3. The Kier molecular flexibility index (Phi) is 4.50. The Labute approximate surface area is 147 Å². The number of hydrogen-bond acceptors (Lipinski definition) is 5. The summed E-state index contributed by atoms with van der Waals surface area (Å²) in [6.45, 7) is 3.74. The van der Waals surface area contributed by atoms with E-state index < -0.39 is 0 Å². The van der Waals surface area contributed by atoms with Crippen molar-refractivity contribution in [1.82, 2.24) is 19.2 Å². The molecule has 1 saturated heterocycles. The van der Waals surface area contributed by atoms with Gasteiger partial charge in [-0.25, -0.2) is 9.50 Å². The number of imidazole rings is 1. The first kappa shape index (κ1) is 16.6. The second kappa shape index (κ2) is 6.78. The number of fused-ring (bicyclic) bond motifs is 1. The lowest BCUT2D eigenvalue weighted by atomic mass is 9.89. The molecule has 7 heteroatoms. The van der Waals surface area contributed by atoms with Gasteiger partial charge in [-0.2, -0.15) is 0 Å². The van der Waals surface area contributed by atoms with Crippen LogP contribution in [0.1, 0.15) is 57.2 Å². The van der Waals surface area contributed by atoms with Crippen LogP contribution in [0.5, 0.6) is 6.01 Å². The van der Waals surface area contributed by atoms with Gasteiger partial charge in [-0.1, -0.05) is 6.92 Å². The highest BCUT2D eigenvalue weighted by molar-refractivity contribution is 5.43. The van der Waals surface area contributed by atoms with Crippen molar-refractivity contribution >= 4 is 5.52 Å². The van der Waals surface area contributed by atoms with Crippen molar-refractivity contribution < 1.29 is 9.47 Å². The molecule has 0 aromatic carbocycles. The molecule has 1 aliphatic heterocycles. The fraction of sp³-hybridized carbons (Fsp3) is 0.722. The van der Waals surface area contributed by atoms with Crippen molar-refractivity contribution in [2.24, 2.45) is 13.0 Å². The molecule has 2 fully saturated rings. The Hall–Kier alpha value is -1.89. The number of ether oxygens (including phenoxy) is 2. The molecule has 2 aliphatic rings. The van der Waals surface area contributed by atoms with E-state index in [1.165, 1.54) is 17.4 Å². The summed E-state index contributed by atoms with van der Waals surface area (Å²) >= 11 is 0. The Morgan fingerprint density at radius 3 is 2.60 bits per heavy atom. The minimum Gasteiger partial charge on any atom is -0.460 e. The Balaban J connectivity index is 1.67. The molecule has 7 nitrogen and oxygen atoms in total. The molecule has 0 amide bonds. The van der Waals surface area contributed by atoms with Crippen LogP contribution in [0.15, 0.2) is 11.0 Å². The highest BCUT2D eigenvalue weighted by Gasteiger charge is 2.25. The molecule has 0 unspecified atom stereocenters. The third-order valence-electron chi connectivity index (χ3n) is 5.58. The van der Waals surface area contributed by atoms with Crippen molar-refractivity contribution in [2.45, 2.75) is 57.5 Å². The molecule has 136 valence electrons. The number of nitrogens with zero attached hydrogens (tertiary/aromatic N) is 4. The van der Waals surface area contributed by atoms with Crippen LogP contribution in [0.2, 0.25) is 0 Å². The summed E-state index contributed by atoms with van der Waals surface area (Å²) in [5.74, 6) is 1.88. The van der Waals surface area contributed by atoms with E-state index >= 15 is 0 Å². The Morgan fingerprint density at radius 2 is 1.88 bits per heavy atom. The standard InChI is InChI=1S/C18H26N4O3/c1-12-3-5-14(6-4-12)25-18-20-22-15(17(23)21(18)2)11-19-16(22)13-7-9-24-10-8-13/h11-14H,3-10H2,1-2H3. The molecular weight excluding hydrogens is 320 g/mol. The first-order valence-corrected chi connectivity index (χ1v) is 9.32. The maximum atomic E-state index is 12.7. The third kappa shape index (κ3) is 3.17. The van der Waals surface area contributed by atoms with Crippen molar-refractivity contribution in [3.63, 3.8) is 0 Å². The summed E-state index contributed by atoms with van der Waals surface area (Å²) in [4.78, 5) is 17.2. The molecule has 0 radical (unpaired) electrons. The number of aromatic nitrogens is 4. The molecule has 2 aromatic heterocycles. The van der Waals surface area contributed by atoms with E-state index in [1.807, 2.05) is 0 Å². The number of hydrogen-bond donors (Lipinski definition) is 0. The average molecular weight is 346 g/mol. The van der Waals surface area contributed by atoms with Gasteiger partial charge in [0.1, 0.15) is 11.9 Å². The van der Waals surface area contributed by atoms with Crippen LogP contribution < -0.4 is 10.3 Å². The first-order chi connectivity index (χ1) is 12.1. The van der Waals surface area contributed by atoms with Gasteiger partial charge in [0.05, 0.1) is 6.20 Å². The van der Waals surface area contributed by atoms with Gasteiger partial charge in [0.15, 0.2) is 5.52 Å². The Bertz CT molecular complexity index is 798. The summed E-state index contributed by atoms with van der Waals surface area (Å²) < 4.78 is 14.7. The van der Waals surface area contributed by atoms with Crippen LogP contribution in [-0.2, 0) is 11.8 Å². The van der Waals surface area contributed by atoms with Gasteiger partial charge in [-0.3, -0.25) is 9.36 Å². The lowest BCUT2D eigenvalue weighted by Crippen LogP contribution is -2.29. The largest absolute Gasteiger partial charge is 0.460 e. The smallest absolute Gasteiger partial charge is 0.317 e. The highest BCUT2D eigenvalue weighted by atomic mass is 16.5. The topological polar surface area (TPSA) is 70.7 Å². The second-order valence-corrected chi connectivity index (χ2v) is 7.45. The summed E-state index contributed by atoms with van der Waals surface area (Å²) in [5, 5.41) is 4.64. The third-order valence-corrected chi connectivity index (χ3v) is 5.58. The fourth-order valence-corrected chi connectivity index (χ4v) is 3.86. The molecule has 4 rings (SSSR count). The molecule has 0 N–H and O–H groups in total. The minimum absolute atomic E-state index is 0.111. The molecule has 1 aliphatic carbocycles. The van der Waals surface area contributed by atoms with E-state index in [1.54, 1.807) is 17.8 Å². The lowest BCUT2D eigenvalue weighted by Gasteiger charge is -2.27. The van der Waals surface area contributed by atoms with Gasteiger partial charge in [-0.15, -0.1) is 5.10 Å². The maximum absolute atomic E-state index is 12.7. The molecule has 3 heterocycles. The van der Waals surface area contributed by atoms with Gasteiger partial charge < -0.3 is 9.47 Å². The fourth-order valence-electron chi connectivity index (χ4n) is 3.86. The van der Waals surface area contributed by atoms with Crippen molar-refractivity contribution in [2.75, 3.05) is 13.2 Å². The normalized spacial score (nSPS) is 25.4. The van der Waals surface area contributed by atoms with Gasteiger partial charge in [0, 0.05) is 26.2 Å². The van der Waals surface area contributed by atoms with Crippen LogP contribution >= 0.6 is 0 Å². The van der Waals surface area contributed by atoms with E-state index in [2.05, 4.69) is 17.0 Å². The van der Waals surface area contributed by atoms with Crippen LogP contribution in [0, 0.1) is 5.92 Å². The van der Waals surface area contributed by atoms with Crippen LogP contribution in [-0.4, -0.2) is 38.5 Å². The summed E-state index contributed by atoms with van der Waals surface area (Å²) in [5.41, 5.74) is 0.397. The van der Waals surface area contributed by atoms with Gasteiger partial charge in [0.2, 0.25) is 0 Å². The van der Waals surface area contributed by atoms with Gasteiger partial charge in [0.25, 0.3) is 5.56 Å². The monoisotopic (exact) mass is 346 g/mol. The molecule has 2 aromatic rings. The SMILES string of the molecule is CC1CCC(Oc2nn3c(C4CCOCC4)ncc3c(=O)n2C)CC1. The van der Waals surface area contributed by atoms with Gasteiger partial charge in [-0.05, 0) is 44.4 Å². The molecule has 0 spiro atoms. The summed E-state index contributed by atoms with van der Waals surface area (Å²) in [7, 11) is 1.72. The zero-order valence-corrected chi connectivity index (χ0v) is 15.0. The molecule has 1 saturated carbocycles. The average Bonchev–Trinajstić information content (AvgIpc) is 3.06. The van der Waals surface area contributed by atoms with E-state index in [0.29, 0.717) is 11.5 Å². The predicted octanol–water partition coefficient (Wildman–Crippen LogP) is 2.28. The van der Waals surface area contributed by atoms with Gasteiger partial charge >= 0.3 is 6.01 Å². The van der Waals surface area contributed by atoms with Crippen LogP contribution in [0.25, 0.3) is 5.52 Å². The van der Waals surface area contributed by atoms with E-state index in [0.717, 1.165) is 50.6 Å². The zero-order chi connectivity index (χ0) is 17.4. The molecule has 0 atom stereocenters. The van der Waals surface area contributed by atoms with Crippen LogP contribution in [0.3, 0.4) is 0 Å². The van der Waals surface area contributed by atoms with Crippen molar-refractivity contribution in [3.05, 3.63) is 22.4 Å².